The molecule has 0 aliphatic carbocycles. The quantitative estimate of drug-likeness (QED) is 0.670. The molecule has 0 saturated carbocycles. The summed E-state index contributed by atoms with van der Waals surface area (Å²) < 4.78 is 10.6. The molecule has 106 valence electrons. The predicted octanol–water partition coefficient (Wildman–Crippen LogP) is 1.99. The van der Waals surface area contributed by atoms with Crippen molar-refractivity contribution >= 4 is 0 Å². The van der Waals surface area contributed by atoms with Crippen LogP contribution in [0.2, 0.25) is 0 Å². The van der Waals surface area contributed by atoms with E-state index in [2.05, 4.69) is 18.8 Å². The van der Waals surface area contributed by atoms with Gasteiger partial charge in [0.2, 0.25) is 0 Å². The van der Waals surface area contributed by atoms with Crippen molar-refractivity contribution in [1.29, 1.82) is 0 Å². The van der Waals surface area contributed by atoms with Gasteiger partial charge in [-0.2, -0.15) is 0 Å². The number of methoxy groups -OCH3 is 1. The largest absolute Gasteiger partial charge is 0.497 e. The maximum Gasteiger partial charge on any atom is 0.123 e. The van der Waals surface area contributed by atoms with Crippen LogP contribution < -0.4 is 14.8 Å². The third-order valence-electron chi connectivity index (χ3n) is 2.71. The van der Waals surface area contributed by atoms with Crippen LogP contribution in [0.3, 0.4) is 0 Å². The zero-order valence-electron chi connectivity index (χ0n) is 11.6. The average Bonchev–Trinajstić information content (AvgIpc) is 2.43. The van der Waals surface area contributed by atoms with Gasteiger partial charge in [0.25, 0.3) is 0 Å². The Labute approximate surface area is 115 Å². The highest BCUT2D eigenvalue weighted by Crippen LogP contribution is 2.18. The van der Waals surface area contributed by atoms with E-state index in [1.54, 1.807) is 13.2 Å². The first-order valence-electron chi connectivity index (χ1n) is 6.45. The minimum atomic E-state index is -0.543. The Hall–Kier alpha value is -1.52. The van der Waals surface area contributed by atoms with Crippen molar-refractivity contribution in [2.24, 2.45) is 0 Å². The molecular formula is C15H23NO3. The summed E-state index contributed by atoms with van der Waals surface area (Å²) in [4.78, 5) is 0. The first kappa shape index (κ1) is 15.5. The fourth-order valence-electron chi connectivity index (χ4n) is 1.61. The number of rotatable bonds is 9. The molecule has 1 rings (SSSR count). The highest BCUT2D eigenvalue weighted by Gasteiger charge is 2.07. The summed E-state index contributed by atoms with van der Waals surface area (Å²) in [7, 11) is 1.61. The van der Waals surface area contributed by atoms with Crippen LogP contribution >= 0.6 is 0 Å². The molecule has 4 nitrogen and oxygen atoms in total. The van der Waals surface area contributed by atoms with Crippen LogP contribution in [0.4, 0.5) is 0 Å². The van der Waals surface area contributed by atoms with Crippen molar-refractivity contribution in [2.45, 2.75) is 25.5 Å². The van der Waals surface area contributed by atoms with Crippen LogP contribution in [0.1, 0.15) is 13.3 Å². The molecule has 0 aliphatic heterocycles. The van der Waals surface area contributed by atoms with Crippen molar-refractivity contribution < 1.29 is 14.6 Å². The molecule has 0 aromatic heterocycles. The number of hydrogen-bond acceptors (Lipinski definition) is 4. The summed E-state index contributed by atoms with van der Waals surface area (Å²) in [6.45, 7) is 6.48. The molecule has 0 aliphatic rings. The lowest BCUT2D eigenvalue weighted by atomic mass is 10.2. The SMILES string of the molecule is C=CCC(C)NCC(O)COc1cccc(OC)c1. The molecule has 1 aromatic rings. The van der Waals surface area contributed by atoms with Crippen LogP contribution in [-0.2, 0) is 0 Å². The number of aliphatic hydroxyl groups excluding tert-OH is 1. The van der Waals surface area contributed by atoms with Gasteiger partial charge in [-0.3, -0.25) is 0 Å². The first-order valence-corrected chi connectivity index (χ1v) is 6.45. The van der Waals surface area contributed by atoms with Gasteiger partial charge in [0.05, 0.1) is 7.11 Å². The second-order valence-corrected chi connectivity index (χ2v) is 4.48. The Morgan fingerprint density at radius 3 is 2.84 bits per heavy atom. The summed E-state index contributed by atoms with van der Waals surface area (Å²) >= 11 is 0. The molecule has 0 heterocycles. The molecule has 1 aromatic carbocycles. The summed E-state index contributed by atoms with van der Waals surface area (Å²) in [5, 5.41) is 13.0. The molecule has 4 heteroatoms. The Morgan fingerprint density at radius 2 is 2.16 bits per heavy atom. The zero-order valence-corrected chi connectivity index (χ0v) is 11.6. The predicted molar refractivity (Wildman–Crippen MR) is 76.8 cm³/mol. The monoisotopic (exact) mass is 265 g/mol. The highest BCUT2D eigenvalue weighted by molar-refractivity contribution is 5.32. The third kappa shape index (κ3) is 6.27. The number of aliphatic hydroxyl groups is 1. The van der Waals surface area contributed by atoms with Gasteiger partial charge in [0.1, 0.15) is 24.2 Å². The topological polar surface area (TPSA) is 50.7 Å². The molecule has 2 N–H and O–H groups in total. The smallest absolute Gasteiger partial charge is 0.123 e. The minimum absolute atomic E-state index is 0.251. The third-order valence-corrected chi connectivity index (χ3v) is 2.71. The van der Waals surface area contributed by atoms with Gasteiger partial charge < -0.3 is 19.9 Å². The molecule has 2 atom stereocenters. The average molecular weight is 265 g/mol. The van der Waals surface area contributed by atoms with Gasteiger partial charge in [-0.1, -0.05) is 12.1 Å². The highest BCUT2D eigenvalue weighted by atomic mass is 16.5. The molecule has 0 spiro atoms. The lowest BCUT2D eigenvalue weighted by molar-refractivity contribution is 0.104. The van der Waals surface area contributed by atoms with Crippen molar-refractivity contribution in [3.63, 3.8) is 0 Å². The second kappa shape index (κ2) is 8.56. The van der Waals surface area contributed by atoms with E-state index in [4.69, 9.17) is 9.47 Å². The van der Waals surface area contributed by atoms with Gasteiger partial charge in [-0.05, 0) is 25.5 Å². The van der Waals surface area contributed by atoms with Crippen LogP contribution in [0.5, 0.6) is 11.5 Å². The van der Waals surface area contributed by atoms with Crippen molar-refractivity contribution in [1.82, 2.24) is 5.32 Å². The van der Waals surface area contributed by atoms with E-state index in [0.717, 1.165) is 12.2 Å². The number of nitrogens with one attached hydrogen (secondary N) is 1. The fraction of sp³-hybridized carbons (Fsp3) is 0.467. The molecule has 0 saturated heterocycles. The summed E-state index contributed by atoms with van der Waals surface area (Å²) in [6.07, 6.45) is 2.19. The van der Waals surface area contributed by atoms with Gasteiger partial charge in [-0.25, -0.2) is 0 Å². The summed E-state index contributed by atoms with van der Waals surface area (Å²) in [5.41, 5.74) is 0. The number of hydrogen-bond donors (Lipinski definition) is 2. The van der Waals surface area contributed by atoms with Gasteiger partial charge in [0.15, 0.2) is 0 Å². The maximum absolute atomic E-state index is 9.81. The van der Waals surface area contributed by atoms with Crippen molar-refractivity contribution in [3.05, 3.63) is 36.9 Å². The van der Waals surface area contributed by atoms with E-state index in [1.165, 1.54) is 0 Å². The van der Waals surface area contributed by atoms with E-state index in [0.29, 0.717) is 18.3 Å². The zero-order chi connectivity index (χ0) is 14.1. The normalized spacial score (nSPS) is 13.6. The molecule has 0 fully saturated rings. The van der Waals surface area contributed by atoms with E-state index >= 15 is 0 Å². The number of benzene rings is 1. The minimum Gasteiger partial charge on any atom is -0.497 e. The molecule has 2 unspecified atom stereocenters. The van der Waals surface area contributed by atoms with E-state index in [-0.39, 0.29) is 6.61 Å². The Kier molecular flexibility index (Phi) is 7.00. The molecule has 0 amide bonds. The molecule has 19 heavy (non-hydrogen) atoms. The van der Waals surface area contributed by atoms with Gasteiger partial charge in [-0.15, -0.1) is 6.58 Å². The summed E-state index contributed by atoms with van der Waals surface area (Å²) in [6, 6.07) is 7.64. The summed E-state index contributed by atoms with van der Waals surface area (Å²) in [5.74, 6) is 1.43. The lowest BCUT2D eigenvalue weighted by Gasteiger charge is -2.16. The van der Waals surface area contributed by atoms with E-state index in [1.807, 2.05) is 24.3 Å². The van der Waals surface area contributed by atoms with Gasteiger partial charge in [0, 0.05) is 18.7 Å². The second-order valence-electron chi connectivity index (χ2n) is 4.48. The lowest BCUT2D eigenvalue weighted by Crippen LogP contribution is -2.36. The standard InChI is InChI=1S/C15H23NO3/c1-4-6-12(2)16-10-13(17)11-19-15-8-5-7-14(9-15)18-3/h4-5,7-9,12-13,16-17H,1,6,10-11H2,2-3H3. The van der Waals surface area contributed by atoms with E-state index < -0.39 is 6.10 Å². The molecule has 0 radical (unpaired) electrons. The van der Waals surface area contributed by atoms with Crippen molar-refractivity contribution in [3.8, 4) is 11.5 Å². The van der Waals surface area contributed by atoms with Crippen LogP contribution in [0, 0.1) is 0 Å². The number of ether oxygens (including phenoxy) is 2. The Bertz CT molecular complexity index is 381. The van der Waals surface area contributed by atoms with Crippen molar-refractivity contribution in [2.75, 3.05) is 20.3 Å². The Balaban J connectivity index is 2.29. The van der Waals surface area contributed by atoms with Crippen LogP contribution in [0.25, 0.3) is 0 Å². The first-order chi connectivity index (χ1) is 9.15. The van der Waals surface area contributed by atoms with E-state index in [9.17, 15) is 5.11 Å². The molecular weight excluding hydrogens is 242 g/mol. The molecule has 0 bridgehead atoms. The maximum atomic E-state index is 9.81. The van der Waals surface area contributed by atoms with Gasteiger partial charge >= 0.3 is 0 Å². The van der Waals surface area contributed by atoms with Crippen LogP contribution in [-0.4, -0.2) is 37.5 Å². The van der Waals surface area contributed by atoms with Crippen LogP contribution in [0.15, 0.2) is 36.9 Å². The fourth-order valence-corrected chi connectivity index (χ4v) is 1.61. The Morgan fingerprint density at radius 1 is 1.42 bits per heavy atom.